The number of esters is 1. The molecule has 0 spiro atoms. The van der Waals surface area contributed by atoms with Gasteiger partial charge in [0.05, 0.1) is 10.6 Å². The van der Waals surface area contributed by atoms with Crippen molar-refractivity contribution in [3.63, 3.8) is 0 Å². The molecular formula is C19H19N3O3S. The number of amides is 1. The van der Waals surface area contributed by atoms with Gasteiger partial charge in [0, 0.05) is 12.6 Å². The second-order valence-corrected chi connectivity index (χ2v) is 6.51. The van der Waals surface area contributed by atoms with Crippen molar-refractivity contribution >= 4 is 23.2 Å². The average Bonchev–Trinajstić information content (AvgIpc) is 3.34. The summed E-state index contributed by atoms with van der Waals surface area (Å²) in [6, 6.07) is 14.9. The van der Waals surface area contributed by atoms with Crippen LogP contribution >= 0.6 is 11.3 Å². The fourth-order valence-electron chi connectivity index (χ4n) is 2.36. The highest BCUT2D eigenvalue weighted by molar-refractivity contribution is 7.13. The predicted octanol–water partition coefficient (Wildman–Crippen LogP) is 3.28. The third-order valence-electron chi connectivity index (χ3n) is 3.60. The van der Waals surface area contributed by atoms with E-state index < -0.39 is 5.97 Å². The summed E-state index contributed by atoms with van der Waals surface area (Å²) in [6.45, 7) is 2.20. The Morgan fingerprint density at radius 2 is 2.00 bits per heavy atom. The van der Waals surface area contributed by atoms with E-state index in [1.54, 1.807) is 22.1 Å². The van der Waals surface area contributed by atoms with E-state index in [-0.39, 0.29) is 18.2 Å². The molecular weight excluding hydrogens is 350 g/mol. The summed E-state index contributed by atoms with van der Waals surface area (Å²) in [4.78, 5) is 25.2. The smallest absolute Gasteiger partial charge is 0.357 e. The van der Waals surface area contributed by atoms with Crippen molar-refractivity contribution in [1.82, 2.24) is 15.1 Å². The summed E-state index contributed by atoms with van der Waals surface area (Å²) in [7, 11) is 0. The molecule has 0 saturated carbocycles. The molecule has 1 N–H and O–H groups in total. The molecule has 7 heteroatoms. The van der Waals surface area contributed by atoms with Crippen LogP contribution in [-0.4, -0.2) is 34.8 Å². The largest absolute Gasteiger partial charge is 0.451 e. The first kappa shape index (κ1) is 17.9. The molecule has 0 aliphatic heterocycles. The van der Waals surface area contributed by atoms with E-state index in [0.717, 1.165) is 17.0 Å². The number of carbonyl (C=O) groups is 2. The van der Waals surface area contributed by atoms with Crippen LogP contribution in [0, 0.1) is 0 Å². The number of hydrogen-bond donors (Lipinski definition) is 1. The van der Waals surface area contributed by atoms with E-state index >= 15 is 0 Å². The van der Waals surface area contributed by atoms with Crippen LogP contribution in [-0.2, 0) is 9.53 Å². The van der Waals surface area contributed by atoms with Crippen LogP contribution in [0.15, 0.2) is 53.9 Å². The summed E-state index contributed by atoms with van der Waals surface area (Å²) in [5, 5.41) is 9.17. The van der Waals surface area contributed by atoms with Gasteiger partial charge in [-0.2, -0.15) is 5.10 Å². The molecule has 2 heterocycles. The molecule has 3 rings (SSSR count). The van der Waals surface area contributed by atoms with Gasteiger partial charge in [-0.25, -0.2) is 9.48 Å². The van der Waals surface area contributed by atoms with Gasteiger partial charge in [-0.3, -0.25) is 4.79 Å². The van der Waals surface area contributed by atoms with Crippen LogP contribution in [0.2, 0.25) is 0 Å². The number of nitrogens with zero attached hydrogens (tertiary/aromatic N) is 2. The number of thiophene rings is 1. The molecule has 0 aliphatic rings. The lowest BCUT2D eigenvalue weighted by molar-refractivity contribution is -0.124. The predicted molar refractivity (Wildman–Crippen MR) is 100 cm³/mol. The maximum atomic E-state index is 12.5. The second kappa shape index (κ2) is 8.44. The third kappa shape index (κ3) is 4.18. The zero-order valence-corrected chi connectivity index (χ0v) is 15.2. The van der Waals surface area contributed by atoms with Gasteiger partial charge in [0.15, 0.2) is 12.3 Å². The Labute approximate surface area is 155 Å². The number of rotatable bonds is 7. The second-order valence-electron chi connectivity index (χ2n) is 5.57. The number of aromatic nitrogens is 2. The quantitative estimate of drug-likeness (QED) is 0.649. The maximum Gasteiger partial charge on any atom is 0.357 e. The summed E-state index contributed by atoms with van der Waals surface area (Å²) >= 11 is 1.54. The molecule has 3 aromatic rings. The van der Waals surface area contributed by atoms with E-state index in [1.165, 1.54) is 0 Å². The first-order valence-corrected chi connectivity index (χ1v) is 9.20. The Bertz CT molecular complexity index is 873. The summed E-state index contributed by atoms with van der Waals surface area (Å²) < 4.78 is 6.71. The fraction of sp³-hybridized carbons (Fsp3) is 0.211. The van der Waals surface area contributed by atoms with Crippen LogP contribution in [0.25, 0.3) is 16.3 Å². The van der Waals surface area contributed by atoms with Gasteiger partial charge >= 0.3 is 5.97 Å². The standard InChI is InChI=1S/C19H19N3O3S/c1-2-10-20-18(23)13-25-19(24)16-12-15(17-9-6-11-26-17)21-22(16)14-7-4-3-5-8-14/h3-9,11-12H,2,10,13H2,1H3,(H,20,23). The highest BCUT2D eigenvalue weighted by Crippen LogP contribution is 2.26. The van der Waals surface area contributed by atoms with Crippen molar-refractivity contribution < 1.29 is 14.3 Å². The molecule has 1 amide bonds. The van der Waals surface area contributed by atoms with Crippen LogP contribution in [0.4, 0.5) is 0 Å². The molecule has 1 aromatic carbocycles. The number of carbonyl (C=O) groups excluding carboxylic acids is 2. The van der Waals surface area contributed by atoms with Gasteiger partial charge < -0.3 is 10.1 Å². The minimum Gasteiger partial charge on any atom is -0.451 e. The molecule has 0 bridgehead atoms. The van der Waals surface area contributed by atoms with Gasteiger partial charge in [-0.1, -0.05) is 31.2 Å². The lowest BCUT2D eigenvalue weighted by atomic mass is 10.3. The molecule has 0 aliphatic carbocycles. The van der Waals surface area contributed by atoms with Crippen molar-refractivity contribution in [2.24, 2.45) is 0 Å². The van der Waals surface area contributed by atoms with E-state index in [1.807, 2.05) is 54.8 Å². The van der Waals surface area contributed by atoms with E-state index in [4.69, 9.17) is 4.74 Å². The normalized spacial score (nSPS) is 10.5. The van der Waals surface area contributed by atoms with Crippen LogP contribution in [0.3, 0.4) is 0 Å². The first-order chi connectivity index (χ1) is 12.7. The maximum absolute atomic E-state index is 12.5. The van der Waals surface area contributed by atoms with Gasteiger partial charge in [0.25, 0.3) is 5.91 Å². The zero-order valence-electron chi connectivity index (χ0n) is 14.3. The molecule has 0 unspecified atom stereocenters. The summed E-state index contributed by atoms with van der Waals surface area (Å²) in [5.41, 5.74) is 1.71. The Hall–Kier alpha value is -2.93. The highest BCUT2D eigenvalue weighted by Gasteiger charge is 2.20. The van der Waals surface area contributed by atoms with Gasteiger partial charge in [-0.15, -0.1) is 11.3 Å². The molecule has 2 aromatic heterocycles. The lowest BCUT2D eigenvalue weighted by Crippen LogP contribution is -2.29. The lowest BCUT2D eigenvalue weighted by Gasteiger charge is -2.08. The van der Waals surface area contributed by atoms with E-state index in [9.17, 15) is 9.59 Å². The fourth-order valence-corrected chi connectivity index (χ4v) is 3.04. The highest BCUT2D eigenvalue weighted by atomic mass is 32.1. The molecule has 0 radical (unpaired) electrons. The van der Waals surface area contributed by atoms with Gasteiger partial charge in [0.1, 0.15) is 5.69 Å². The van der Waals surface area contributed by atoms with Crippen molar-refractivity contribution in [3.8, 4) is 16.3 Å². The molecule has 0 atom stereocenters. The van der Waals surface area contributed by atoms with Crippen molar-refractivity contribution in [2.45, 2.75) is 13.3 Å². The van der Waals surface area contributed by atoms with Crippen LogP contribution in [0.5, 0.6) is 0 Å². The topological polar surface area (TPSA) is 73.2 Å². The summed E-state index contributed by atoms with van der Waals surface area (Å²) in [5.74, 6) is -0.903. The van der Waals surface area contributed by atoms with Gasteiger partial charge in [0.2, 0.25) is 0 Å². The molecule has 0 saturated heterocycles. The van der Waals surface area contributed by atoms with Crippen molar-refractivity contribution in [3.05, 3.63) is 59.6 Å². The van der Waals surface area contributed by atoms with Crippen molar-refractivity contribution in [2.75, 3.05) is 13.2 Å². The summed E-state index contributed by atoms with van der Waals surface area (Å²) in [6.07, 6.45) is 0.824. The average molecular weight is 369 g/mol. The Morgan fingerprint density at radius 3 is 2.69 bits per heavy atom. The molecule has 26 heavy (non-hydrogen) atoms. The van der Waals surface area contributed by atoms with E-state index in [2.05, 4.69) is 10.4 Å². The van der Waals surface area contributed by atoms with Crippen LogP contribution < -0.4 is 5.32 Å². The molecule has 6 nitrogen and oxygen atoms in total. The minimum absolute atomic E-state index is 0.280. The van der Waals surface area contributed by atoms with Crippen molar-refractivity contribution in [1.29, 1.82) is 0 Å². The SMILES string of the molecule is CCCNC(=O)COC(=O)c1cc(-c2cccs2)nn1-c1ccccc1. The molecule has 134 valence electrons. The van der Waals surface area contributed by atoms with E-state index in [0.29, 0.717) is 12.2 Å². The zero-order chi connectivity index (χ0) is 18.4. The van der Waals surface area contributed by atoms with Gasteiger partial charge in [-0.05, 0) is 30.0 Å². The Morgan fingerprint density at radius 1 is 1.19 bits per heavy atom. The minimum atomic E-state index is -0.587. The van der Waals surface area contributed by atoms with Crippen LogP contribution in [0.1, 0.15) is 23.8 Å². The number of benzene rings is 1. The Kier molecular flexibility index (Phi) is 5.80. The Balaban J connectivity index is 1.85. The number of ether oxygens (including phenoxy) is 1. The third-order valence-corrected chi connectivity index (χ3v) is 4.49. The monoisotopic (exact) mass is 369 g/mol. The number of hydrogen-bond acceptors (Lipinski definition) is 5. The molecule has 0 fully saturated rings. The number of para-hydroxylation sites is 1. The first-order valence-electron chi connectivity index (χ1n) is 8.32. The number of nitrogens with one attached hydrogen (secondary N) is 1.